The number of rotatable bonds is 3. The summed E-state index contributed by atoms with van der Waals surface area (Å²) < 4.78 is 0. The van der Waals surface area contributed by atoms with Crippen molar-refractivity contribution in [3.05, 3.63) is 77.9 Å². The van der Waals surface area contributed by atoms with Gasteiger partial charge in [0.2, 0.25) is 0 Å². The van der Waals surface area contributed by atoms with Gasteiger partial charge in [-0.05, 0) is 33.9 Å². The van der Waals surface area contributed by atoms with E-state index >= 15 is 0 Å². The van der Waals surface area contributed by atoms with Crippen LogP contribution in [0.3, 0.4) is 0 Å². The molecule has 4 aromatic carbocycles. The molecular weight excluding hydrogens is 312 g/mol. The van der Waals surface area contributed by atoms with Crippen LogP contribution in [0.25, 0.3) is 32.7 Å². The lowest BCUT2D eigenvalue weighted by Gasteiger charge is -2.11. The van der Waals surface area contributed by atoms with Gasteiger partial charge in [0.25, 0.3) is 0 Å². The van der Waals surface area contributed by atoms with Gasteiger partial charge in [-0.3, -0.25) is 9.59 Å². The van der Waals surface area contributed by atoms with E-state index in [1.54, 1.807) is 24.3 Å². The number of hydrogen-bond acceptors (Lipinski definition) is 3. The molecule has 0 aliphatic heterocycles. The van der Waals surface area contributed by atoms with Gasteiger partial charge in [0.1, 0.15) is 5.75 Å². The van der Waals surface area contributed by atoms with Crippen LogP contribution < -0.4 is 0 Å². The van der Waals surface area contributed by atoms with Crippen LogP contribution in [-0.4, -0.2) is 17.7 Å². The summed E-state index contributed by atoms with van der Waals surface area (Å²) in [4.78, 5) is 22.4. The van der Waals surface area contributed by atoms with Gasteiger partial charge in [0.05, 0.1) is 0 Å². The zero-order valence-electron chi connectivity index (χ0n) is 13.3. The first-order valence-electron chi connectivity index (χ1n) is 7.91. The standard InChI is InChI=1S/C22H14O3/c23-12-16-4-1-3-14-11-15(7-8-18(14)16)20-10-9-19-17(13-24)5-2-6-21(19)22(20)25/h1-13,25H. The van der Waals surface area contributed by atoms with Crippen LogP contribution in [0.5, 0.6) is 5.75 Å². The smallest absolute Gasteiger partial charge is 0.150 e. The Morgan fingerprint density at radius 1 is 0.680 bits per heavy atom. The van der Waals surface area contributed by atoms with E-state index in [1.807, 2.05) is 42.5 Å². The van der Waals surface area contributed by atoms with E-state index in [0.29, 0.717) is 22.1 Å². The molecule has 0 amide bonds. The molecule has 120 valence electrons. The van der Waals surface area contributed by atoms with Gasteiger partial charge in [0, 0.05) is 22.1 Å². The van der Waals surface area contributed by atoms with E-state index in [-0.39, 0.29) is 5.75 Å². The Bertz CT molecular complexity index is 1140. The monoisotopic (exact) mass is 326 g/mol. The Labute approximate surface area is 144 Å². The largest absolute Gasteiger partial charge is 0.507 e. The lowest BCUT2D eigenvalue weighted by Crippen LogP contribution is -1.88. The summed E-state index contributed by atoms with van der Waals surface area (Å²) in [7, 11) is 0. The minimum Gasteiger partial charge on any atom is -0.507 e. The topological polar surface area (TPSA) is 54.4 Å². The molecule has 0 spiro atoms. The molecule has 4 aromatic rings. The number of carbonyl (C=O) groups is 2. The summed E-state index contributed by atoms with van der Waals surface area (Å²) in [6.07, 6.45) is 1.63. The second kappa shape index (κ2) is 5.87. The third-order valence-electron chi connectivity index (χ3n) is 4.55. The number of phenolic OH excluding ortho intramolecular Hbond substituents is 1. The maximum atomic E-state index is 11.2. The van der Waals surface area contributed by atoms with E-state index in [1.165, 1.54) is 0 Å². The predicted octanol–water partition coefficient (Wildman–Crippen LogP) is 4.99. The van der Waals surface area contributed by atoms with Gasteiger partial charge in [-0.1, -0.05) is 54.6 Å². The lowest BCUT2D eigenvalue weighted by atomic mass is 9.95. The van der Waals surface area contributed by atoms with Crippen LogP contribution in [0.15, 0.2) is 66.7 Å². The van der Waals surface area contributed by atoms with Crippen LogP contribution in [-0.2, 0) is 0 Å². The first kappa shape index (κ1) is 15.1. The van der Waals surface area contributed by atoms with Crippen LogP contribution in [0, 0.1) is 0 Å². The van der Waals surface area contributed by atoms with Crippen LogP contribution in [0.4, 0.5) is 0 Å². The van der Waals surface area contributed by atoms with Crippen molar-refractivity contribution in [2.24, 2.45) is 0 Å². The maximum absolute atomic E-state index is 11.2. The molecule has 0 aliphatic rings. The average molecular weight is 326 g/mol. The molecule has 0 fully saturated rings. The fourth-order valence-corrected chi connectivity index (χ4v) is 3.28. The quantitative estimate of drug-likeness (QED) is 0.540. The molecule has 0 saturated heterocycles. The van der Waals surface area contributed by atoms with Gasteiger partial charge >= 0.3 is 0 Å². The Kier molecular flexibility index (Phi) is 3.55. The van der Waals surface area contributed by atoms with E-state index in [2.05, 4.69) is 0 Å². The van der Waals surface area contributed by atoms with Gasteiger partial charge in [0.15, 0.2) is 12.6 Å². The number of benzene rings is 4. The van der Waals surface area contributed by atoms with Crippen LogP contribution in [0.2, 0.25) is 0 Å². The summed E-state index contributed by atoms with van der Waals surface area (Å²) in [5, 5.41) is 13.9. The molecule has 0 unspecified atom stereocenters. The summed E-state index contributed by atoms with van der Waals surface area (Å²) >= 11 is 0. The molecule has 0 aliphatic carbocycles. The molecule has 0 saturated carbocycles. The molecule has 4 rings (SSSR count). The van der Waals surface area contributed by atoms with Crippen LogP contribution in [0.1, 0.15) is 20.7 Å². The highest BCUT2D eigenvalue weighted by Crippen LogP contribution is 2.37. The fourth-order valence-electron chi connectivity index (χ4n) is 3.28. The maximum Gasteiger partial charge on any atom is 0.150 e. The molecule has 25 heavy (non-hydrogen) atoms. The molecule has 0 radical (unpaired) electrons. The van der Waals surface area contributed by atoms with Gasteiger partial charge in [-0.15, -0.1) is 0 Å². The second-order valence-electron chi connectivity index (χ2n) is 5.92. The van der Waals surface area contributed by atoms with Crippen molar-refractivity contribution in [3.8, 4) is 16.9 Å². The molecule has 0 atom stereocenters. The average Bonchev–Trinajstić information content (AvgIpc) is 2.67. The summed E-state index contributed by atoms with van der Waals surface area (Å²) in [5.74, 6) is 0.145. The molecule has 3 nitrogen and oxygen atoms in total. The SMILES string of the molecule is O=Cc1cccc2cc(-c3ccc4c(C=O)cccc4c3O)ccc12. The zero-order valence-corrected chi connectivity index (χ0v) is 13.3. The lowest BCUT2D eigenvalue weighted by molar-refractivity contribution is 0.111. The van der Waals surface area contributed by atoms with Crippen molar-refractivity contribution in [2.75, 3.05) is 0 Å². The normalized spacial score (nSPS) is 10.9. The third kappa shape index (κ3) is 2.37. The minimum absolute atomic E-state index is 0.145. The van der Waals surface area contributed by atoms with Crippen molar-refractivity contribution < 1.29 is 14.7 Å². The molecular formula is C22H14O3. The number of aldehydes is 2. The third-order valence-corrected chi connectivity index (χ3v) is 4.55. The van der Waals surface area contributed by atoms with Crippen molar-refractivity contribution in [1.29, 1.82) is 0 Å². The first-order chi connectivity index (χ1) is 12.2. The Hall–Kier alpha value is -3.46. The number of fused-ring (bicyclic) bond motifs is 2. The van der Waals surface area contributed by atoms with Crippen molar-refractivity contribution in [3.63, 3.8) is 0 Å². The van der Waals surface area contributed by atoms with Crippen molar-refractivity contribution in [2.45, 2.75) is 0 Å². The summed E-state index contributed by atoms with van der Waals surface area (Å²) in [6, 6.07) is 20.2. The fraction of sp³-hybridized carbons (Fsp3) is 0. The molecule has 1 N–H and O–H groups in total. The molecule has 0 heterocycles. The van der Waals surface area contributed by atoms with Gasteiger partial charge < -0.3 is 5.11 Å². The predicted molar refractivity (Wildman–Crippen MR) is 99.3 cm³/mol. The highest BCUT2D eigenvalue weighted by Gasteiger charge is 2.11. The van der Waals surface area contributed by atoms with E-state index in [9.17, 15) is 14.7 Å². The Morgan fingerprint density at radius 2 is 1.36 bits per heavy atom. The zero-order chi connectivity index (χ0) is 17.4. The highest BCUT2D eigenvalue weighted by molar-refractivity contribution is 6.05. The number of carbonyl (C=O) groups excluding carboxylic acids is 2. The first-order valence-corrected chi connectivity index (χ1v) is 7.91. The summed E-state index contributed by atoms with van der Waals surface area (Å²) in [5.41, 5.74) is 2.73. The molecule has 0 aromatic heterocycles. The minimum atomic E-state index is 0.145. The number of aromatic hydroxyl groups is 1. The molecule has 0 bridgehead atoms. The van der Waals surface area contributed by atoms with Crippen molar-refractivity contribution in [1.82, 2.24) is 0 Å². The number of hydrogen-bond donors (Lipinski definition) is 1. The van der Waals surface area contributed by atoms with Crippen LogP contribution >= 0.6 is 0 Å². The Balaban J connectivity index is 1.95. The van der Waals surface area contributed by atoms with E-state index < -0.39 is 0 Å². The Morgan fingerprint density at radius 3 is 2.12 bits per heavy atom. The second-order valence-corrected chi connectivity index (χ2v) is 5.92. The van der Waals surface area contributed by atoms with E-state index in [4.69, 9.17) is 0 Å². The van der Waals surface area contributed by atoms with Gasteiger partial charge in [-0.2, -0.15) is 0 Å². The summed E-state index contributed by atoms with van der Waals surface area (Å²) in [6.45, 7) is 0. The van der Waals surface area contributed by atoms with Crippen molar-refractivity contribution >= 4 is 34.1 Å². The molecule has 3 heteroatoms. The highest BCUT2D eigenvalue weighted by atomic mass is 16.3. The number of phenols is 1. The van der Waals surface area contributed by atoms with Gasteiger partial charge in [-0.25, -0.2) is 0 Å². The van der Waals surface area contributed by atoms with E-state index in [0.717, 1.165) is 34.3 Å².